The molecule has 1 aliphatic carbocycles. The second-order valence-electron chi connectivity index (χ2n) is 8.31. The molecule has 6 rings (SSSR count). The fourth-order valence-corrected chi connectivity index (χ4v) is 4.44. The van der Waals surface area contributed by atoms with Gasteiger partial charge in [0.25, 0.3) is 0 Å². The van der Waals surface area contributed by atoms with Crippen LogP contribution < -0.4 is 0 Å². The lowest BCUT2D eigenvalue weighted by atomic mass is 9.85. The highest BCUT2D eigenvalue weighted by Gasteiger charge is 2.40. The summed E-state index contributed by atoms with van der Waals surface area (Å²) >= 11 is 0. The maximum atomic E-state index is 13.5. The quantitative estimate of drug-likeness (QED) is 0.505. The topological polar surface area (TPSA) is 105 Å². The molecule has 12 heteroatoms. The molecule has 1 N–H and O–H groups in total. The number of H-pyrrole nitrogens is 1. The molecule has 1 saturated carbocycles. The highest BCUT2D eigenvalue weighted by atomic mass is 19.4. The van der Waals surface area contributed by atoms with Gasteiger partial charge in [0.2, 0.25) is 5.89 Å². The number of hydrogen-bond acceptors (Lipinski definition) is 6. The third kappa shape index (κ3) is 3.19. The van der Waals surface area contributed by atoms with Crippen LogP contribution in [0.5, 0.6) is 0 Å². The normalized spacial score (nSPS) is 19.0. The van der Waals surface area contributed by atoms with Gasteiger partial charge in [-0.3, -0.25) is 4.79 Å². The molecule has 1 aliphatic heterocycles. The maximum absolute atomic E-state index is 13.5. The van der Waals surface area contributed by atoms with Crippen LogP contribution in [0.3, 0.4) is 0 Å². The predicted molar refractivity (Wildman–Crippen MR) is 106 cm³/mol. The summed E-state index contributed by atoms with van der Waals surface area (Å²) < 4.78 is 47.1. The Bertz CT molecular complexity index is 1350. The van der Waals surface area contributed by atoms with Crippen LogP contribution >= 0.6 is 0 Å². The molecule has 33 heavy (non-hydrogen) atoms. The van der Waals surface area contributed by atoms with Crippen LogP contribution in [-0.2, 0) is 12.6 Å². The molecular formula is C21H18F3N7O2. The molecule has 1 amide bonds. The molecule has 0 unspecified atom stereocenters. The number of hydrogen-bond donors (Lipinski definition) is 1. The van der Waals surface area contributed by atoms with Crippen molar-refractivity contribution in [3.05, 3.63) is 65.1 Å². The van der Waals surface area contributed by atoms with Crippen LogP contribution in [-0.4, -0.2) is 47.1 Å². The van der Waals surface area contributed by atoms with Crippen molar-refractivity contribution < 1.29 is 22.4 Å². The Labute approximate surface area is 184 Å². The number of nitrogens with zero attached hydrogens (tertiary/aromatic N) is 6. The third-order valence-corrected chi connectivity index (χ3v) is 6.34. The van der Waals surface area contributed by atoms with Crippen molar-refractivity contribution in [2.45, 2.75) is 43.8 Å². The number of carbonyl (C=O) groups is 1. The number of imidazole rings is 1. The summed E-state index contributed by atoms with van der Waals surface area (Å²) in [7, 11) is 0. The Morgan fingerprint density at radius 3 is 2.82 bits per heavy atom. The van der Waals surface area contributed by atoms with E-state index < -0.39 is 23.8 Å². The molecule has 1 atom stereocenters. The standard InChI is InChI=1S/C21H18F3N7O2/c22-21(23,24)15-6-2-5-12-9-14(29-31(12)15)17-16-13(25-10-26-16)7-8-30(17)20(32)19-28-27-18(33-19)11-3-1-4-11/h2,5-6,9-11,17H,1,3-4,7-8H2,(H,25,26)/t17-/m1/s1. The van der Waals surface area contributed by atoms with Gasteiger partial charge in [-0.25, -0.2) is 9.50 Å². The van der Waals surface area contributed by atoms with E-state index in [1.165, 1.54) is 29.4 Å². The molecule has 9 nitrogen and oxygen atoms in total. The van der Waals surface area contributed by atoms with E-state index in [4.69, 9.17) is 4.42 Å². The molecular weight excluding hydrogens is 439 g/mol. The smallest absolute Gasteiger partial charge is 0.417 e. The number of carbonyl (C=O) groups excluding carboxylic acids is 1. The van der Waals surface area contributed by atoms with Gasteiger partial charge < -0.3 is 14.3 Å². The van der Waals surface area contributed by atoms with Gasteiger partial charge in [0.1, 0.15) is 11.7 Å². The largest absolute Gasteiger partial charge is 0.433 e. The van der Waals surface area contributed by atoms with Crippen molar-refractivity contribution in [1.29, 1.82) is 0 Å². The van der Waals surface area contributed by atoms with E-state index in [1.54, 1.807) is 0 Å². The van der Waals surface area contributed by atoms with Gasteiger partial charge in [0.15, 0.2) is 0 Å². The number of nitrogens with one attached hydrogen (secondary N) is 1. The van der Waals surface area contributed by atoms with Crippen LogP contribution in [0.15, 0.2) is 35.0 Å². The van der Waals surface area contributed by atoms with Crippen molar-refractivity contribution in [2.75, 3.05) is 6.54 Å². The van der Waals surface area contributed by atoms with E-state index in [2.05, 4.69) is 25.3 Å². The molecule has 170 valence electrons. The Hall–Kier alpha value is -3.70. The highest BCUT2D eigenvalue weighted by molar-refractivity contribution is 5.90. The third-order valence-electron chi connectivity index (χ3n) is 6.34. The van der Waals surface area contributed by atoms with E-state index >= 15 is 0 Å². The zero-order valence-electron chi connectivity index (χ0n) is 17.2. The van der Waals surface area contributed by atoms with Crippen molar-refractivity contribution in [3.8, 4) is 0 Å². The Kier molecular flexibility index (Phi) is 4.32. The van der Waals surface area contributed by atoms with Crippen molar-refractivity contribution >= 4 is 11.4 Å². The van der Waals surface area contributed by atoms with E-state index in [9.17, 15) is 18.0 Å². The van der Waals surface area contributed by atoms with Crippen molar-refractivity contribution in [1.82, 2.24) is 34.7 Å². The summed E-state index contributed by atoms with van der Waals surface area (Å²) in [6.45, 7) is 0.292. The molecule has 2 aliphatic rings. The summed E-state index contributed by atoms with van der Waals surface area (Å²) in [5.41, 5.74) is 0.971. The van der Waals surface area contributed by atoms with E-state index in [-0.39, 0.29) is 23.0 Å². The number of alkyl halides is 3. The minimum Gasteiger partial charge on any atom is -0.417 e. The molecule has 0 spiro atoms. The summed E-state index contributed by atoms with van der Waals surface area (Å²) in [4.78, 5) is 22.3. The zero-order chi connectivity index (χ0) is 22.7. The molecule has 1 fully saturated rings. The van der Waals surface area contributed by atoms with Gasteiger partial charge in [-0.05, 0) is 31.0 Å². The minimum atomic E-state index is -4.58. The fourth-order valence-electron chi connectivity index (χ4n) is 4.44. The average Bonchev–Trinajstić information content (AvgIpc) is 3.48. The number of fused-ring (bicyclic) bond motifs is 2. The molecule has 0 bridgehead atoms. The lowest BCUT2D eigenvalue weighted by molar-refractivity contribution is -0.142. The van der Waals surface area contributed by atoms with Gasteiger partial charge in [-0.2, -0.15) is 18.3 Å². The second kappa shape index (κ2) is 7.15. The van der Waals surface area contributed by atoms with Gasteiger partial charge in [-0.1, -0.05) is 12.5 Å². The van der Waals surface area contributed by atoms with Crippen LogP contribution in [0.1, 0.15) is 70.6 Å². The summed E-state index contributed by atoms with van der Waals surface area (Å²) in [5.74, 6) is -0.0185. The van der Waals surface area contributed by atoms with Crippen LogP contribution in [0.4, 0.5) is 13.2 Å². The first-order valence-corrected chi connectivity index (χ1v) is 10.6. The molecule has 0 aromatic carbocycles. The van der Waals surface area contributed by atoms with Crippen molar-refractivity contribution in [2.24, 2.45) is 0 Å². The van der Waals surface area contributed by atoms with E-state index in [0.29, 0.717) is 24.6 Å². The predicted octanol–water partition coefficient (Wildman–Crippen LogP) is 3.51. The summed E-state index contributed by atoms with van der Waals surface area (Å²) in [5, 5.41) is 12.2. The highest BCUT2D eigenvalue weighted by Crippen LogP contribution is 2.38. The molecule has 4 aromatic heterocycles. The van der Waals surface area contributed by atoms with Crippen LogP contribution in [0, 0.1) is 0 Å². The first-order valence-electron chi connectivity index (χ1n) is 10.6. The summed E-state index contributed by atoms with van der Waals surface area (Å²) in [6, 6.07) is 4.57. The van der Waals surface area contributed by atoms with E-state index in [0.717, 1.165) is 35.5 Å². The number of rotatable bonds is 3. The maximum Gasteiger partial charge on any atom is 0.433 e. The first-order chi connectivity index (χ1) is 15.9. The average molecular weight is 457 g/mol. The SMILES string of the molecule is O=C(c1nnc(C2CCC2)o1)N1CCc2[nH]cnc2[C@H]1c1cc2cccc(C(F)(F)F)n2n1. The second-order valence-corrected chi connectivity index (χ2v) is 8.31. The minimum absolute atomic E-state index is 0.138. The van der Waals surface area contributed by atoms with E-state index in [1.807, 2.05) is 0 Å². The molecule has 5 heterocycles. The van der Waals surface area contributed by atoms with Gasteiger partial charge in [0, 0.05) is 24.6 Å². The van der Waals surface area contributed by atoms with Gasteiger partial charge in [0.05, 0.1) is 23.2 Å². The number of aromatic amines is 1. The van der Waals surface area contributed by atoms with Crippen LogP contribution in [0.2, 0.25) is 0 Å². The molecule has 0 saturated heterocycles. The summed E-state index contributed by atoms with van der Waals surface area (Å²) in [6.07, 6.45) is 0.403. The monoisotopic (exact) mass is 457 g/mol. The van der Waals surface area contributed by atoms with Crippen molar-refractivity contribution in [3.63, 3.8) is 0 Å². The number of aromatic nitrogens is 6. The van der Waals surface area contributed by atoms with Crippen LogP contribution in [0.25, 0.3) is 5.52 Å². The number of pyridine rings is 1. The molecule has 4 aromatic rings. The van der Waals surface area contributed by atoms with Gasteiger partial charge >= 0.3 is 18.0 Å². The first kappa shape index (κ1) is 19.9. The Morgan fingerprint density at radius 1 is 1.21 bits per heavy atom. The lowest BCUT2D eigenvalue weighted by Crippen LogP contribution is -2.41. The zero-order valence-corrected chi connectivity index (χ0v) is 17.2. The Balaban J connectivity index is 1.42. The Morgan fingerprint density at radius 2 is 2.06 bits per heavy atom. The van der Waals surface area contributed by atoms with Gasteiger partial charge in [-0.15, -0.1) is 10.2 Å². The number of halogens is 3. The number of amides is 1. The fraction of sp³-hybridized carbons (Fsp3) is 0.381. The lowest BCUT2D eigenvalue weighted by Gasteiger charge is -2.32. The molecule has 0 radical (unpaired) electrons.